The number of benzene rings is 2. The third-order valence-corrected chi connectivity index (χ3v) is 5.35. The first-order valence-electron chi connectivity index (χ1n) is 10.0. The molecule has 0 radical (unpaired) electrons. The Morgan fingerprint density at radius 2 is 1.80 bits per heavy atom. The Morgan fingerprint density at radius 1 is 1.03 bits per heavy atom. The zero-order valence-corrected chi connectivity index (χ0v) is 17.0. The highest BCUT2D eigenvalue weighted by Gasteiger charge is 2.23. The van der Waals surface area contributed by atoms with E-state index in [1.54, 1.807) is 16.9 Å². The van der Waals surface area contributed by atoms with Gasteiger partial charge in [-0.2, -0.15) is 5.10 Å². The van der Waals surface area contributed by atoms with Crippen LogP contribution in [0.2, 0.25) is 0 Å². The molecule has 0 N–H and O–H groups in total. The molecule has 1 fully saturated rings. The first-order chi connectivity index (χ1) is 14.6. The molecule has 1 aliphatic heterocycles. The summed E-state index contributed by atoms with van der Waals surface area (Å²) in [7, 11) is 1.46. The maximum Gasteiger partial charge on any atom is 0.257 e. The largest absolute Gasteiger partial charge is 0.494 e. The van der Waals surface area contributed by atoms with Crippen LogP contribution in [0, 0.1) is 5.82 Å². The van der Waals surface area contributed by atoms with E-state index in [9.17, 15) is 9.18 Å². The van der Waals surface area contributed by atoms with E-state index in [4.69, 9.17) is 4.74 Å². The molecule has 2 heterocycles. The Kier molecular flexibility index (Phi) is 6.09. The Labute approximate surface area is 175 Å². The van der Waals surface area contributed by atoms with Crippen molar-refractivity contribution in [2.75, 3.05) is 33.3 Å². The van der Waals surface area contributed by atoms with Crippen molar-refractivity contribution < 1.29 is 13.9 Å². The lowest BCUT2D eigenvalue weighted by molar-refractivity contribution is 0.0628. The Hall–Kier alpha value is -3.19. The SMILES string of the molecule is COc1ccc(CN2CCN(C(=O)c3cnn(Cc4ccccc4)c3)CC2)cc1F. The zero-order valence-electron chi connectivity index (χ0n) is 17.0. The highest BCUT2D eigenvalue weighted by Crippen LogP contribution is 2.19. The lowest BCUT2D eigenvalue weighted by Crippen LogP contribution is -2.48. The number of piperazine rings is 1. The number of carbonyl (C=O) groups is 1. The van der Waals surface area contributed by atoms with Gasteiger partial charge >= 0.3 is 0 Å². The van der Waals surface area contributed by atoms with Crippen molar-refractivity contribution in [3.63, 3.8) is 0 Å². The summed E-state index contributed by atoms with van der Waals surface area (Å²) in [5.74, 6) is -0.0947. The third-order valence-electron chi connectivity index (χ3n) is 5.35. The van der Waals surface area contributed by atoms with Crippen molar-refractivity contribution in [3.05, 3.63) is 83.4 Å². The van der Waals surface area contributed by atoms with Gasteiger partial charge < -0.3 is 9.64 Å². The third kappa shape index (κ3) is 4.68. The van der Waals surface area contributed by atoms with E-state index in [0.29, 0.717) is 31.7 Å². The number of nitrogens with zero attached hydrogens (tertiary/aromatic N) is 4. The van der Waals surface area contributed by atoms with Crippen molar-refractivity contribution in [1.29, 1.82) is 0 Å². The molecule has 0 bridgehead atoms. The molecule has 7 heteroatoms. The number of carbonyl (C=O) groups excluding carboxylic acids is 1. The van der Waals surface area contributed by atoms with E-state index in [2.05, 4.69) is 10.00 Å². The normalized spacial score (nSPS) is 14.7. The van der Waals surface area contributed by atoms with Gasteiger partial charge in [0.2, 0.25) is 0 Å². The summed E-state index contributed by atoms with van der Waals surface area (Å²) in [5, 5.41) is 4.33. The molecule has 0 unspecified atom stereocenters. The van der Waals surface area contributed by atoms with Crippen LogP contribution in [0.1, 0.15) is 21.5 Å². The quantitative estimate of drug-likeness (QED) is 0.629. The molecule has 0 aliphatic carbocycles. The molecule has 0 spiro atoms. The topological polar surface area (TPSA) is 50.6 Å². The highest BCUT2D eigenvalue weighted by atomic mass is 19.1. The monoisotopic (exact) mass is 408 g/mol. The Balaban J connectivity index is 1.31. The summed E-state index contributed by atoms with van der Waals surface area (Å²) < 4.78 is 20.7. The van der Waals surface area contributed by atoms with Crippen LogP contribution in [0.15, 0.2) is 60.9 Å². The van der Waals surface area contributed by atoms with Crippen LogP contribution in [0.25, 0.3) is 0 Å². The molecule has 1 aromatic heterocycles. The predicted molar refractivity (Wildman–Crippen MR) is 112 cm³/mol. The standard InChI is InChI=1S/C23H25FN4O2/c1-30-22-8-7-19(13-21(22)24)15-26-9-11-27(12-10-26)23(29)20-14-25-28(17-20)16-18-5-3-2-4-6-18/h2-8,13-14,17H,9-12,15-16H2,1H3. The summed E-state index contributed by atoms with van der Waals surface area (Å²) in [6.07, 6.45) is 3.44. The molecule has 30 heavy (non-hydrogen) atoms. The van der Waals surface area contributed by atoms with Gasteiger partial charge in [-0.25, -0.2) is 4.39 Å². The van der Waals surface area contributed by atoms with Crippen LogP contribution in [0.3, 0.4) is 0 Å². The fourth-order valence-electron chi connectivity index (χ4n) is 3.69. The number of methoxy groups -OCH3 is 1. The lowest BCUT2D eigenvalue weighted by atomic mass is 10.1. The van der Waals surface area contributed by atoms with Crippen LogP contribution in [0.5, 0.6) is 5.75 Å². The maximum absolute atomic E-state index is 13.9. The van der Waals surface area contributed by atoms with Crippen LogP contribution >= 0.6 is 0 Å². The van der Waals surface area contributed by atoms with E-state index in [0.717, 1.165) is 24.2 Å². The first kappa shape index (κ1) is 20.1. The van der Waals surface area contributed by atoms with E-state index in [-0.39, 0.29) is 17.5 Å². The smallest absolute Gasteiger partial charge is 0.257 e. The van der Waals surface area contributed by atoms with Crippen molar-refractivity contribution in [1.82, 2.24) is 19.6 Å². The van der Waals surface area contributed by atoms with Crippen LogP contribution in [0.4, 0.5) is 4.39 Å². The van der Waals surface area contributed by atoms with Crippen molar-refractivity contribution >= 4 is 5.91 Å². The van der Waals surface area contributed by atoms with Gasteiger partial charge in [0.1, 0.15) is 0 Å². The maximum atomic E-state index is 13.9. The second-order valence-corrected chi connectivity index (χ2v) is 7.45. The molecule has 4 rings (SSSR count). The molecule has 3 aromatic rings. The second-order valence-electron chi connectivity index (χ2n) is 7.45. The van der Waals surface area contributed by atoms with Gasteiger partial charge in [0.05, 0.1) is 25.4 Å². The number of amides is 1. The molecule has 156 valence electrons. The Morgan fingerprint density at radius 3 is 2.50 bits per heavy atom. The summed E-state index contributed by atoms with van der Waals surface area (Å²) in [6, 6.07) is 15.1. The molecule has 0 atom stereocenters. The molecule has 1 aliphatic rings. The van der Waals surface area contributed by atoms with Crippen LogP contribution in [-0.4, -0.2) is 58.8 Å². The minimum atomic E-state index is -0.351. The fraction of sp³-hybridized carbons (Fsp3) is 0.304. The van der Waals surface area contributed by atoms with Crippen LogP contribution < -0.4 is 4.74 Å². The molecule has 6 nitrogen and oxygen atoms in total. The average Bonchev–Trinajstić information content (AvgIpc) is 3.23. The van der Waals surface area contributed by atoms with E-state index < -0.39 is 0 Å². The zero-order chi connectivity index (χ0) is 20.9. The minimum absolute atomic E-state index is 0.00412. The van der Waals surface area contributed by atoms with Gasteiger partial charge in [-0.05, 0) is 23.3 Å². The number of halogens is 1. The molecule has 2 aromatic carbocycles. The second kappa shape index (κ2) is 9.09. The van der Waals surface area contributed by atoms with E-state index in [1.165, 1.54) is 13.2 Å². The van der Waals surface area contributed by atoms with Crippen molar-refractivity contribution in [2.45, 2.75) is 13.1 Å². The summed E-state index contributed by atoms with van der Waals surface area (Å²) in [4.78, 5) is 16.9. The summed E-state index contributed by atoms with van der Waals surface area (Å²) in [5.41, 5.74) is 2.65. The summed E-state index contributed by atoms with van der Waals surface area (Å²) >= 11 is 0. The fourth-order valence-corrected chi connectivity index (χ4v) is 3.69. The lowest BCUT2D eigenvalue weighted by Gasteiger charge is -2.34. The van der Waals surface area contributed by atoms with E-state index >= 15 is 0 Å². The number of rotatable bonds is 6. The first-order valence-corrected chi connectivity index (χ1v) is 10.0. The van der Waals surface area contributed by atoms with Gasteiger partial charge in [-0.1, -0.05) is 36.4 Å². The van der Waals surface area contributed by atoms with Gasteiger partial charge in [0.25, 0.3) is 5.91 Å². The predicted octanol–water partition coefficient (Wildman–Crippen LogP) is 3.04. The highest BCUT2D eigenvalue weighted by molar-refractivity contribution is 5.93. The molecular formula is C23H25FN4O2. The molecule has 1 saturated heterocycles. The summed E-state index contributed by atoms with van der Waals surface area (Å²) in [6.45, 7) is 4.07. The number of ether oxygens (including phenoxy) is 1. The van der Waals surface area contributed by atoms with Crippen molar-refractivity contribution in [2.24, 2.45) is 0 Å². The van der Waals surface area contributed by atoms with Gasteiger partial charge in [0, 0.05) is 38.9 Å². The minimum Gasteiger partial charge on any atom is -0.494 e. The molecule has 0 saturated carbocycles. The average molecular weight is 408 g/mol. The van der Waals surface area contributed by atoms with E-state index in [1.807, 2.05) is 47.5 Å². The van der Waals surface area contributed by atoms with Gasteiger partial charge in [0.15, 0.2) is 11.6 Å². The number of aromatic nitrogens is 2. The number of hydrogen-bond donors (Lipinski definition) is 0. The Bertz CT molecular complexity index is 997. The van der Waals surface area contributed by atoms with Crippen LogP contribution in [-0.2, 0) is 13.1 Å². The number of hydrogen-bond acceptors (Lipinski definition) is 4. The molecular weight excluding hydrogens is 383 g/mol. The van der Waals surface area contributed by atoms with Gasteiger partial charge in [-0.3, -0.25) is 14.4 Å². The van der Waals surface area contributed by atoms with Crippen molar-refractivity contribution in [3.8, 4) is 5.75 Å². The van der Waals surface area contributed by atoms with Gasteiger partial charge in [-0.15, -0.1) is 0 Å². The molecule has 1 amide bonds.